The van der Waals surface area contributed by atoms with E-state index in [-0.39, 0.29) is 5.41 Å². The standard InChI is InChI=1S/C21H27NO3Si/c1-19(2,3)20-14-23-21(24-15-20,25-18(20)13-22)17-9-7-16(8-10-17)11-12-26(4,5)6/h7-10,18H,14-15H2,1-6H3. The molecule has 1 aromatic rings. The number of rotatable bonds is 1. The van der Waals surface area contributed by atoms with Crippen LogP contribution in [0.25, 0.3) is 0 Å². The van der Waals surface area contributed by atoms with E-state index >= 15 is 0 Å². The Morgan fingerprint density at radius 3 is 2.12 bits per heavy atom. The molecule has 3 aliphatic rings. The van der Waals surface area contributed by atoms with Crippen LogP contribution in [0, 0.1) is 33.6 Å². The smallest absolute Gasteiger partial charge is 0.313 e. The Labute approximate surface area is 157 Å². The van der Waals surface area contributed by atoms with E-state index in [9.17, 15) is 5.26 Å². The van der Waals surface area contributed by atoms with E-state index in [2.05, 4.69) is 57.9 Å². The molecule has 1 atom stereocenters. The van der Waals surface area contributed by atoms with Crippen molar-refractivity contribution in [3.05, 3.63) is 35.4 Å². The molecule has 4 rings (SSSR count). The highest BCUT2D eigenvalue weighted by atomic mass is 28.3. The Hall–Kier alpha value is -1.63. The molecule has 0 aliphatic carbocycles. The highest BCUT2D eigenvalue weighted by Crippen LogP contribution is 2.55. The lowest BCUT2D eigenvalue weighted by molar-refractivity contribution is -0.502. The van der Waals surface area contributed by atoms with Crippen molar-refractivity contribution in [3.8, 4) is 17.5 Å². The summed E-state index contributed by atoms with van der Waals surface area (Å²) in [6.45, 7) is 13.8. The van der Waals surface area contributed by atoms with Crippen molar-refractivity contribution in [2.75, 3.05) is 13.2 Å². The van der Waals surface area contributed by atoms with Gasteiger partial charge in [0.15, 0.2) is 6.10 Å². The van der Waals surface area contributed by atoms with Crippen LogP contribution in [0.3, 0.4) is 0 Å². The van der Waals surface area contributed by atoms with E-state index in [0.717, 1.165) is 11.1 Å². The number of hydrogen-bond acceptors (Lipinski definition) is 4. The molecule has 4 nitrogen and oxygen atoms in total. The van der Waals surface area contributed by atoms with Gasteiger partial charge in [0.25, 0.3) is 0 Å². The average molecular weight is 370 g/mol. The van der Waals surface area contributed by atoms with E-state index in [1.165, 1.54) is 0 Å². The van der Waals surface area contributed by atoms with Crippen LogP contribution in [0.2, 0.25) is 19.6 Å². The summed E-state index contributed by atoms with van der Waals surface area (Å²) in [4.78, 5) is 0. The van der Waals surface area contributed by atoms with Gasteiger partial charge < -0.3 is 14.2 Å². The zero-order chi connectivity index (χ0) is 19.2. The molecule has 0 amide bonds. The van der Waals surface area contributed by atoms with Gasteiger partial charge >= 0.3 is 5.97 Å². The van der Waals surface area contributed by atoms with Crippen molar-refractivity contribution < 1.29 is 14.2 Å². The summed E-state index contributed by atoms with van der Waals surface area (Å²) in [6, 6.07) is 10.1. The molecule has 0 aromatic heterocycles. The topological polar surface area (TPSA) is 51.5 Å². The molecule has 0 N–H and O–H groups in total. The molecule has 3 aliphatic heterocycles. The molecule has 1 aromatic carbocycles. The van der Waals surface area contributed by atoms with Crippen LogP contribution in [0.1, 0.15) is 31.9 Å². The van der Waals surface area contributed by atoms with Gasteiger partial charge in [0.05, 0.1) is 24.7 Å². The Balaban J connectivity index is 1.87. The van der Waals surface area contributed by atoms with Crippen LogP contribution >= 0.6 is 0 Å². The molecular weight excluding hydrogens is 342 g/mol. The van der Waals surface area contributed by atoms with Gasteiger partial charge in [0.1, 0.15) is 8.07 Å². The number of hydrogen-bond donors (Lipinski definition) is 0. The van der Waals surface area contributed by atoms with Gasteiger partial charge in [-0.05, 0) is 29.7 Å². The van der Waals surface area contributed by atoms with E-state index < -0.39 is 25.6 Å². The minimum atomic E-state index is -1.41. The Morgan fingerprint density at radius 2 is 1.65 bits per heavy atom. The highest BCUT2D eigenvalue weighted by Gasteiger charge is 2.63. The van der Waals surface area contributed by atoms with E-state index in [0.29, 0.717) is 13.2 Å². The quantitative estimate of drug-likeness (QED) is 0.554. The van der Waals surface area contributed by atoms with Gasteiger partial charge in [-0.2, -0.15) is 5.26 Å². The first kappa shape index (κ1) is 19.1. The summed E-state index contributed by atoms with van der Waals surface area (Å²) in [5.74, 6) is 1.94. The Kier molecular flexibility index (Phi) is 4.58. The Bertz CT molecular complexity index is 776. The minimum Gasteiger partial charge on any atom is -0.323 e. The average Bonchev–Trinajstić information content (AvgIpc) is 2.59. The van der Waals surface area contributed by atoms with Gasteiger partial charge in [0.2, 0.25) is 0 Å². The third-order valence-corrected chi connectivity index (χ3v) is 6.12. The molecule has 26 heavy (non-hydrogen) atoms. The summed E-state index contributed by atoms with van der Waals surface area (Å²) < 4.78 is 18.1. The first-order chi connectivity index (χ1) is 12.0. The Morgan fingerprint density at radius 1 is 1.08 bits per heavy atom. The SMILES string of the molecule is CC(C)(C)C12COC(c3ccc(C#C[Si](C)(C)C)cc3)(OC1)OC2C#N. The molecule has 2 bridgehead atoms. The molecular formula is C21H27NO3Si. The number of nitrogens with zero attached hydrogens (tertiary/aromatic N) is 1. The van der Waals surface area contributed by atoms with Crippen LogP contribution in [0.5, 0.6) is 0 Å². The highest BCUT2D eigenvalue weighted by molar-refractivity contribution is 6.83. The van der Waals surface area contributed by atoms with Crippen molar-refractivity contribution in [3.63, 3.8) is 0 Å². The lowest BCUT2D eigenvalue weighted by Crippen LogP contribution is -2.66. The molecule has 3 heterocycles. The van der Waals surface area contributed by atoms with Crippen LogP contribution in [0.4, 0.5) is 0 Å². The molecule has 3 fully saturated rings. The third kappa shape index (κ3) is 3.21. The van der Waals surface area contributed by atoms with Crippen molar-refractivity contribution in [2.24, 2.45) is 10.8 Å². The van der Waals surface area contributed by atoms with Gasteiger partial charge in [-0.25, -0.2) is 0 Å². The van der Waals surface area contributed by atoms with Crippen molar-refractivity contribution in [1.29, 1.82) is 5.26 Å². The van der Waals surface area contributed by atoms with Crippen molar-refractivity contribution >= 4 is 8.07 Å². The third-order valence-electron chi connectivity index (χ3n) is 5.25. The van der Waals surface area contributed by atoms with Crippen LogP contribution < -0.4 is 0 Å². The molecule has 5 heteroatoms. The lowest BCUT2D eigenvalue weighted by Gasteiger charge is -2.58. The zero-order valence-electron chi connectivity index (χ0n) is 16.5. The fourth-order valence-electron chi connectivity index (χ4n) is 3.25. The van der Waals surface area contributed by atoms with Crippen molar-refractivity contribution in [1.82, 2.24) is 0 Å². The molecule has 0 radical (unpaired) electrons. The monoisotopic (exact) mass is 369 g/mol. The normalized spacial score (nSPS) is 31.0. The van der Waals surface area contributed by atoms with Gasteiger partial charge in [0, 0.05) is 11.1 Å². The van der Waals surface area contributed by atoms with Crippen LogP contribution in [-0.4, -0.2) is 27.4 Å². The lowest BCUT2D eigenvalue weighted by atomic mass is 9.63. The molecule has 0 saturated carbocycles. The predicted octanol–water partition coefficient (Wildman–Crippen LogP) is 4.03. The fraction of sp³-hybridized carbons (Fsp3) is 0.571. The maximum Gasteiger partial charge on any atom is 0.313 e. The summed E-state index contributed by atoms with van der Waals surface area (Å²) in [5, 5.41) is 9.69. The summed E-state index contributed by atoms with van der Waals surface area (Å²) in [6.07, 6.45) is -0.573. The summed E-state index contributed by atoms with van der Waals surface area (Å²) >= 11 is 0. The number of nitriles is 1. The van der Waals surface area contributed by atoms with Gasteiger partial charge in [-0.15, -0.1) is 5.54 Å². The predicted molar refractivity (Wildman–Crippen MR) is 103 cm³/mol. The fourth-order valence-corrected chi connectivity index (χ4v) is 3.77. The summed E-state index contributed by atoms with van der Waals surface area (Å²) in [7, 11) is -1.41. The molecule has 3 saturated heterocycles. The largest absolute Gasteiger partial charge is 0.323 e. The van der Waals surface area contributed by atoms with Crippen LogP contribution in [0.15, 0.2) is 24.3 Å². The number of ether oxygens (including phenoxy) is 3. The molecule has 138 valence electrons. The van der Waals surface area contributed by atoms with E-state index in [1.54, 1.807) is 0 Å². The second-order valence-corrected chi connectivity index (χ2v) is 14.0. The van der Waals surface area contributed by atoms with Gasteiger partial charge in [-0.3, -0.25) is 0 Å². The maximum atomic E-state index is 9.69. The van der Waals surface area contributed by atoms with Crippen molar-refractivity contribution in [2.45, 2.75) is 52.5 Å². The first-order valence-corrected chi connectivity index (χ1v) is 12.5. The zero-order valence-corrected chi connectivity index (χ0v) is 17.5. The molecule has 1 unspecified atom stereocenters. The maximum absolute atomic E-state index is 9.69. The minimum absolute atomic E-state index is 0.170. The van der Waals surface area contributed by atoms with Crippen LogP contribution in [-0.2, 0) is 20.2 Å². The second-order valence-electron chi connectivity index (χ2n) is 9.24. The number of benzene rings is 1. The molecule has 0 spiro atoms. The number of fused-ring (bicyclic) bond motifs is 3. The van der Waals surface area contributed by atoms with E-state index in [1.807, 2.05) is 24.3 Å². The summed E-state index contributed by atoms with van der Waals surface area (Å²) in [5.41, 5.74) is 4.44. The second kappa shape index (κ2) is 6.22. The van der Waals surface area contributed by atoms with E-state index in [4.69, 9.17) is 14.2 Å². The first-order valence-electron chi connectivity index (χ1n) is 9.00. The van der Waals surface area contributed by atoms with Gasteiger partial charge in [-0.1, -0.05) is 46.3 Å².